The molecule has 1 aliphatic rings. The standard InChI is InChI=1S/C22H27FN2O4S/c1-28-12-3-10-24(21(27)15-29-2)14-20(26)25-11-8-19-18(9-13-30-19)22(25)16-4-6-17(23)7-5-16/h4-7,9,13,22H,3,8,10-12,14-15H2,1-2H3. The zero-order chi connectivity index (χ0) is 21.5. The van der Waals surface area contributed by atoms with Crippen molar-refractivity contribution >= 4 is 23.2 Å². The number of fused-ring (bicyclic) bond motifs is 1. The van der Waals surface area contributed by atoms with E-state index >= 15 is 0 Å². The molecule has 0 fully saturated rings. The maximum Gasteiger partial charge on any atom is 0.249 e. The fraction of sp³-hybridized carbons (Fsp3) is 0.455. The van der Waals surface area contributed by atoms with Crippen molar-refractivity contribution in [2.75, 3.05) is 47.1 Å². The van der Waals surface area contributed by atoms with Gasteiger partial charge in [0.15, 0.2) is 0 Å². The van der Waals surface area contributed by atoms with Gasteiger partial charge in [-0.2, -0.15) is 0 Å². The minimum absolute atomic E-state index is 0.0247. The summed E-state index contributed by atoms with van der Waals surface area (Å²) >= 11 is 1.67. The molecule has 0 N–H and O–H groups in total. The van der Waals surface area contributed by atoms with Crippen LogP contribution < -0.4 is 0 Å². The average molecular weight is 435 g/mol. The lowest BCUT2D eigenvalue weighted by Gasteiger charge is -2.37. The number of hydrogen-bond acceptors (Lipinski definition) is 5. The molecule has 162 valence electrons. The van der Waals surface area contributed by atoms with Crippen molar-refractivity contribution in [3.8, 4) is 0 Å². The van der Waals surface area contributed by atoms with Crippen LogP contribution in [0.4, 0.5) is 4.39 Å². The highest BCUT2D eigenvalue weighted by molar-refractivity contribution is 7.10. The third-order valence-electron chi connectivity index (χ3n) is 5.20. The molecule has 0 saturated carbocycles. The first-order valence-corrected chi connectivity index (χ1v) is 10.8. The number of halogens is 1. The molecule has 1 aromatic heterocycles. The third kappa shape index (κ3) is 5.24. The quantitative estimate of drug-likeness (QED) is 0.570. The Hall–Kier alpha value is -2.29. The Morgan fingerprint density at radius 2 is 1.97 bits per heavy atom. The largest absolute Gasteiger partial charge is 0.385 e. The molecule has 0 radical (unpaired) electrons. The fourth-order valence-electron chi connectivity index (χ4n) is 3.75. The summed E-state index contributed by atoms with van der Waals surface area (Å²) in [6.07, 6.45) is 1.40. The van der Waals surface area contributed by atoms with Crippen LogP contribution in [0.15, 0.2) is 35.7 Å². The van der Waals surface area contributed by atoms with Gasteiger partial charge in [0.1, 0.15) is 12.4 Å². The molecule has 8 heteroatoms. The first-order valence-electron chi connectivity index (χ1n) is 9.92. The van der Waals surface area contributed by atoms with Gasteiger partial charge in [-0.05, 0) is 47.5 Å². The van der Waals surface area contributed by atoms with E-state index in [4.69, 9.17) is 9.47 Å². The van der Waals surface area contributed by atoms with Gasteiger partial charge in [0.05, 0.1) is 12.6 Å². The number of ether oxygens (including phenoxy) is 2. The van der Waals surface area contributed by atoms with Gasteiger partial charge in [0.2, 0.25) is 11.8 Å². The molecule has 30 heavy (non-hydrogen) atoms. The van der Waals surface area contributed by atoms with Crippen molar-refractivity contribution in [1.29, 1.82) is 0 Å². The maximum absolute atomic E-state index is 13.5. The molecule has 1 aliphatic heterocycles. The maximum atomic E-state index is 13.5. The third-order valence-corrected chi connectivity index (χ3v) is 6.19. The molecule has 2 amide bonds. The van der Waals surface area contributed by atoms with Crippen molar-refractivity contribution in [2.24, 2.45) is 0 Å². The first-order chi connectivity index (χ1) is 14.5. The van der Waals surface area contributed by atoms with Gasteiger partial charge < -0.3 is 19.3 Å². The van der Waals surface area contributed by atoms with E-state index in [9.17, 15) is 14.0 Å². The molecule has 1 unspecified atom stereocenters. The highest BCUT2D eigenvalue weighted by Gasteiger charge is 2.33. The summed E-state index contributed by atoms with van der Waals surface area (Å²) < 4.78 is 23.5. The van der Waals surface area contributed by atoms with Crippen LogP contribution >= 0.6 is 11.3 Å². The van der Waals surface area contributed by atoms with Gasteiger partial charge in [-0.1, -0.05) is 12.1 Å². The van der Waals surface area contributed by atoms with Gasteiger partial charge in [-0.3, -0.25) is 9.59 Å². The minimum Gasteiger partial charge on any atom is -0.385 e. The second-order valence-corrected chi connectivity index (χ2v) is 8.19. The van der Waals surface area contributed by atoms with Crippen molar-refractivity contribution in [3.05, 3.63) is 57.5 Å². The van der Waals surface area contributed by atoms with E-state index in [2.05, 4.69) is 0 Å². The molecule has 0 bridgehead atoms. The van der Waals surface area contributed by atoms with Crippen LogP contribution in [0.5, 0.6) is 0 Å². The number of methoxy groups -OCH3 is 2. The molecule has 1 atom stereocenters. The van der Waals surface area contributed by atoms with Crippen LogP contribution in [-0.2, 0) is 25.5 Å². The highest BCUT2D eigenvalue weighted by atomic mass is 32.1. The molecule has 0 spiro atoms. The lowest BCUT2D eigenvalue weighted by atomic mass is 9.93. The van der Waals surface area contributed by atoms with E-state index in [1.54, 1.807) is 35.5 Å². The van der Waals surface area contributed by atoms with Crippen LogP contribution in [0.3, 0.4) is 0 Å². The zero-order valence-corrected chi connectivity index (χ0v) is 18.1. The Bertz CT molecular complexity index is 855. The van der Waals surface area contributed by atoms with E-state index in [0.717, 1.165) is 17.5 Å². The van der Waals surface area contributed by atoms with Gasteiger partial charge in [0, 0.05) is 38.8 Å². The second kappa shape index (κ2) is 10.7. The Morgan fingerprint density at radius 1 is 1.20 bits per heavy atom. The number of carbonyl (C=O) groups excluding carboxylic acids is 2. The predicted octanol–water partition coefficient (Wildman–Crippen LogP) is 2.87. The summed E-state index contributed by atoms with van der Waals surface area (Å²) in [5.41, 5.74) is 1.93. The van der Waals surface area contributed by atoms with Crippen LogP contribution in [0.25, 0.3) is 0 Å². The SMILES string of the molecule is COCCCN(CC(=O)N1CCc2sccc2C1c1ccc(F)cc1)C(=O)COC. The van der Waals surface area contributed by atoms with E-state index in [1.165, 1.54) is 29.0 Å². The summed E-state index contributed by atoms with van der Waals surface area (Å²) in [4.78, 5) is 30.3. The number of amides is 2. The molecular formula is C22H27FN2O4S. The molecule has 3 rings (SSSR count). The van der Waals surface area contributed by atoms with Crippen molar-refractivity contribution < 1.29 is 23.5 Å². The Morgan fingerprint density at radius 3 is 2.67 bits per heavy atom. The van der Waals surface area contributed by atoms with Crippen molar-refractivity contribution in [3.63, 3.8) is 0 Å². The predicted molar refractivity (Wildman–Crippen MR) is 113 cm³/mol. The number of benzene rings is 1. The van der Waals surface area contributed by atoms with Crippen molar-refractivity contribution in [1.82, 2.24) is 9.80 Å². The van der Waals surface area contributed by atoms with Crippen LogP contribution in [0.2, 0.25) is 0 Å². The fourth-order valence-corrected chi connectivity index (χ4v) is 4.65. The summed E-state index contributed by atoms with van der Waals surface area (Å²) in [7, 11) is 3.06. The monoisotopic (exact) mass is 434 g/mol. The molecule has 0 saturated heterocycles. The first kappa shape index (κ1) is 22.4. The van der Waals surface area contributed by atoms with Crippen LogP contribution in [0.1, 0.15) is 28.5 Å². The molecule has 2 aromatic rings. The van der Waals surface area contributed by atoms with Crippen LogP contribution in [0, 0.1) is 5.82 Å². The number of carbonyl (C=O) groups is 2. The van der Waals surface area contributed by atoms with Gasteiger partial charge in [-0.15, -0.1) is 11.3 Å². The molecule has 1 aromatic carbocycles. The number of rotatable bonds is 9. The second-order valence-electron chi connectivity index (χ2n) is 7.18. The summed E-state index contributed by atoms with van der Waals surface area (Å²) in [5.74, 6) is -0.677. The summed E-state index contributed by atoms with van der Waals surface area (Å²) in [6.45, 7) is 1.38. The van der Waals surface area contributed by atoms with E-state index in [1.807, 2.05) is 11.4 Å². The molecule has 0 aliphatic carbocycles. The summed E-state index contributed by atoms with van der Waals surface area (Å²) in [5, 5.41) is 2.02. The van der Waals surface area contributed by atoms with Gasteiger partial charge in [-0.25, -0.2) is 4.39 Å². The molecule has 6 nitrogen and oxygen atoms in total. The molecular weight excluding hydrogens is 407 g/mol. The minimum atomic E-state index is -0.313. The number of thiophene rings is 1. The van der Waals surface area contributed by atoms with Gasteiger partial charge in [0.25, 0.3) is 0 Å². The van der Waals surface area contributed by atoms with Gasteiger partial charge >= 0.3 is 0 Å². The lowest BCUT2D eigenvalue weighted by molar-refractivity contribution is -0.143. The Kier molecular flexibility index (Phi) is 7.95. The number of hydrogen-bond donors (Lipinski definition) is 0. The summed E-state index contributed by atoms with van der Waals surface area (Å²) in [6, 6.07) is 8.01. The topological polar surface area (TPSA) is 59.1 Å². The number of nitrogens with zero attached hydrogens (tertiary/aromatic N) is 2. The van der Waals surface area contributed by atoms with E-state index < -0.39 is 0 Å². The molecule has 2 heterocycles. The normalized spacial score (nSPS) is 15.7. The van der Waals surface area contributed by atoms with Crippen LogP contribution in [-0.4, -0.2) is 68.7 Å². The Labute approximate surface area is 180 Å². The highest BCUT2D eigenvalue weighted by Crippen LogP contribution is 2.37. The Balaban J connectivity index is 1.82. The lowest BCUT2D eigenvalue weighted by Crippen LogP contribution is -2.47. The van der Waals surface area contributed by atoms with E-state index in [0.29, 0.717) is 26.1 Å². The average Bonchev–Trinajstić information content (AvgIpc) is 3.22. The smallest absolute Gasteiger partial charge is 0.249 e. The van der Waals surface area contributed by atoms with E-state index in [-0.39, 0.29) is 36.8 Å². The van der Waals surface area contributed by atoms with Crippen molar-refractivity contribution in [2.45, 2.75) is 18.9 Å². The zero-order valence-electron chi connectivity index (χ0n) is 17.3.